The largest absolute Gasteiger partial charge is 0.434 e. The highest BCUT2D eigenvalue weighted by Crippen LogP contribution is 2.33. The highest BCUT2D eigenvalue weighted by atomic mass is 32.1. The summed E-state index contributed by atoms with van der Waals surface area (Å²) in [5.41, 5.74) is -0.855. The van der Waals surface area contributed by atoms with Crippen LogP contribution >= 0.6 is 11.3 Å². The van der Waals surface area contributed by atoms with Crippen molar-refractivity contribution in [3.8, 4) is 0 Å². The minimum Gasteiger partial charge on any atom is -0.355 e. The Balaban J connectivity index is 2.15. The van der Waals surface area contributed by atoms with Gasteiger partial charge in [-0.05, 0) is 13.0 Å². The van der Waals surface area contributed by atoms with Crippen molar-refractivity contribution < 1.29 is 22.0 Å². The van der Waals surface area contributed by atoms with E-state index in [1.54, 1.807) is 6.92 Å². The van der Waals surface area contributed by atoms with Crippen molar-refractivity contribution in [3.05, 3.63) is 46.5 Å². The lowest BCUT2D eigenvalue weighted by molar-refractivity contribution is -0.140. The van der Waals surface area contributed by atoms with E-state index in [-0.39, 0.29) is 10.7 Å². The lowest BCUT2D eigenvalue weighted by Crippen LogP contribution is -2.10. The number of benzene rings is 1. The highest BCUT2D eigenvalue weighted by molar-refractivity contribution is 7.13. The molecule has 0 aliphatic rings. The molecule has 0 amide bonds. The topological polar surface area (TPSA) is 24.9 Å². The number of hydrogen-bond donors (Lipinski definition) is 1. The summed E-state index contributed by atoms with van der Waals surface area (Å²) in [6.07, 6.45) is -4.51. The predicted molar refractivity (Wildman–Crippen MR) is 65.5 cm³/mol. The summed E-state index contributed by atoms with van der Waals surface area (Å²) in [7, 11) is 0. The summed E-state index contributed by atoms with van der Waals surface area (Å²) in [5, 5.41) is 3.55. The van der Waals surface area contributed by atoms with Gasteiger partial charge in [0.25, 0.3) is 0 Å². The zero-order valence-electron chi connectivity index (χ0n) is 10.1. The Bertz CT molecular complexity index is 608. The fourth-order valence-corrected chi connectivity index (χ4v) is 2.39. The van der Waals surface area contributed by atoms with E-state index in [4.69, 9.17) is 0 Å². The van der Waals surface area contributed by atoms with Gasteiger partial charge in [0.2, 0.25) is 0 Å². The summed E-state index contributed by atoms with van der Waals surface area (Å²) in [4.78, 5) is 3.38. The molecule has 0 spiro atoms. The molecule has 0 saturated carbocycles. The molecular formula is C12H9F5N2S. The minimum absolute atomic E-state index is 0.0218. The second-order valence-electron chi connectivity index (χ2n) is 4.07. The van der Waals surface area contributed by atoms with Crippen molar-refractivity contribution in [3.63, 3.8) is 0 Å². The maximum absolute atomic E-state index is 13.5. The molecule has 1 heterocycles. The monoisotopic (exact) mass is 308 g/mol. The smallest absolute Gasteiger partial charge is 0.355 e. The van der Waals surface area contributed by atoms with Gasteiger partial charge in [-0.15, -0.1) is 11.3 Å². The molecule has 0 fully saturated rings. The van der Waals surface area contributed by atoms with Gasteiger partial charge in [-0.25, -0.2) is 13.8 Å². The van der Waals surface area contributed by atoms with Crippen molar-refractivity contribution in [1.29, 1.82) is 0 Å². The third kappa shape index (κ3) is 3.24. The summed E-state index contributed by atoms with van der Waals surface area (Å²) < 4.78 is 63.5. The molecule has 1 aromatic carbocycles. The Labute approximate surface area is 115 Å². The van der Waals surface area contributed by atoms with Crippen LogP contribution in [0.3, 0.4) is 0 Å². The van der Waals surface area contributed by atoms with E-state index in [1.165, 1.54) is 6.07 Å². The van der Waals surface area contributed by atoms with Gasteiger partial charge in [0.05, 0.1) is 6.04 Å². The van der Waals surface area contributed by atoms with Crippen molar-refractivity contribution >= 4 is 16.5 Å². The van der Waals surface area contributed by atoms with Crippen molar-refractivity contribution in [2.24, 2.45) is 0 Å². The molecule has 1 unspecified atom stereocenters. The van der Waals surface area contributed by atoms with E-state index >= 15 is 0 Å². The predicted octanol–water partition coefficient (Wildman–Crippen LogP) is 4.61. The van der Waals surface area contributed by atoms with Crippen LogP contribution in [0.25, 0.3) is 0 Å². The molecule has 1 N–H and O–H groups in total. The van der Waals surface area contributed by atoms with Crippen molar-refractivity contribution in [1.82, 2.24) is 4.98 Å². The molecule has 20 heavy (non-hydrogen) atoms. The minimum atomic E-state index is -4.51. The number of nitrogens with one attached hydrogen (secondary N) is 1. The Morgan fingerprint density at radius 1 is 1.25 bits per heavy atom. The van der Waals surface area contributed by atoms with Crippen LogP contribution < -0.4 is 5.32 Å². The Hall–Kier alpha value is -1.70. The standard InChI is InChI=1S/C12H9F5N2S/c1-6(8-3-2-7(13)4-9(8)14)18-11-19-10(5-20-11)12(15,16)17/h2-6H,1H3,(H,18,19). The lowest BCUT2D eigenvalue weighted by atomic mass is 10.1. The molecule has 0 saturated heterocycles. The van der Waals surface area contributed by atoms with Gasteiger partial charge in [-0.3, -0.25) is 0 Å². The number of halogens is 5. The van der Waals surface area contributed by atoms with E-state index in [0.717, 1.165) is 28.8 Å². The number of alkyl halides is 3. The van der Waals surface area contributed by atoms with Gasteiger partial charge in [0, 0.05) is 17.0 Å². The molecule has 1 aromatic heterocycles. The first-order valence-corrected chi connectivity index (χ1v) is 6.39. The first-order valence-electron chi connectivity index (χ1n) is 5.51. The van der Waals surface area contributed by atoms with Crippen LogP contribution in [0.1, 0.15) is 24.2 Å². The average molecular weight is 308 g/mol. The van der Waals surface area contributed by atoms with Crippen LogP contribution in [-0.4, -0.2) is 4.98 Å². The fraction of sp³-hybridized carbons (Fsp3) is 0.250. The zero-order chi connectivity index (χ0) is 14.9. The molecule has 2 nitrogen and oxygen atoms in total. The van der Waals surface area contributed by atoms with Crippen LogP contribution in [0.15, 0.2) is 23.6 Å². The molecule has 0 radical (unpaired) electrons. The zero-order valence-corrected chi connectivity index (χ0v) is 10.9. The van der Waals surface area contributed by atoms with Crippen molar-refractivity contribution in [2.75, 3.05) is 5.32 Å². The summed E-state index contributed by atoms with van der Waals surface area (Å²) in [5.74, 6) is -1.48. The molecule has 2 rings (SSSR count). The third-order valence-electron chi connectivity index (χ3n) is 2.56. The Kier molecular flexibility index (Phi) is 3.94. The molecule has 0 aliphatic heterocycles. The van der Waals surface area contributed by atoms with Gasteiger partial charge in [-0.1, -0.05) is 6.07 Å². The maximum atomic E-state index is 13.5. The fourth-order valence-electron chi connectivity index (χ4n) is 1.59. The van der Waals surface area contributed by atoms with E-state index < -0.39 is 29.5 Å². The van der Waals surface area contributed by atoms with Crippen LogP contribution in [-0.2, 0) is 6.18 Å². The normalized spacial score (nSPS) is 13.3. The quantitative estimate of drug-likeness (QED) is 0.837. The first kappa shape index (κ1) is 14.7. The third-order valence-corrected chi connectivity index (χ3v) is 3.34. The Morgan fingerprint density at radius 3 is 2.50 bits per heavy atom. The van der Waals surface area contributed by atoms with Crippen LogP contribution in [0.4, 0.5) is 27.1 Å². The number of nitrogens with zero attached hydrogens (tertiary/aromatic N) is 1. The van der Waals surface area contributed by atoms with Gasteiger partial charge in [0.15, 0.2) is 10.8 Å². The van der Waals surface area contributed by atoms with Gasteiger partial charge in [0.1, 0.15) is 11.6 Å². The molecule has 1 atom stereocenters. The van der Waals surface area contributed by atoms with Crippen molar-refractivity contribution in [2.45, 2.75) is 19.1 Å². The molecule has 2 aromatic rings. The van der Waals surface area contributed by atoms with E-state index in [1.807, 2.05) is 0 Å². The second kappa shape index (κ2) is 5.35. The summed E-state index contributed by atoms with van der Waals surface area (Å²) in [6.45, 7) is 1.55. The second-order valence-corrected chi connectivity index (χ2v) is 4.93. The number of thiazole rings is 1. The number of rotatable bonds is 3. The highest BCUT2D eigenvalue weighted by Gasteiger charge is 2.33. The van der Waals surface area contributed by atoms with Crippen LogP contribution in [0.5, 0.6) is 0 Å². The van der Waals surface area contributed by atoms with E-state index in [0.29, 0.717) is 0 Å². The molecular weight excluding hydrogens is 299 g/mol. The van der Waals surface area contributed by atoms with Gasteiger partial charge >= 0.3 is 6.18 Å². The number of hydrogen-bond acceptors (Lipinski definition) is 3. The van der Waals surface area contributed by atoms with E-state index in [2.05, 4.69) is 10.3 Å². The average Bonchev–Trinajstić information content (AvgIpc) is 2.76. The van der Waals surface area contributed by atoms with Crippen LogP contribution in [0, 0.1) is 11.6 Å². The van der Waals surface area contributed by atoms with Crippen LogP contribution in [0.2, 0.25) is 0 Å². The van der Waals surface area contributed by atoms with Gasteiger partial charge < -0.3 is 5.32 Å². The number of aromatic nitrogens is 1. The summed E-state index contributed by atoms with van der Waals surface area (Å²) >= 11 is 0.770. The maximum Gasteiger partial charge on any atom is 0.434 e. The molecule has 0 aliphatic carbocycles. The number of anilines is 1. The molecule has 0 bridgehead atoms. The lowest BCUT2D eigenvalue weighted by Gasteiger charge is -2.14. The SMILES string of the molecule is CC(Nc1nc(C(F)(F)F)cs1)c1ccc(F)cc1F. The molecule has 8 heteroatoms. The van der Waals surface area contributed by atoms with Gasteiger partial charge in [-0.2, -0.15) is 13.2 Å². The molecule has 108 valence electrons. The van der Waals surface area contributed by atoms with E-state index in [9.17, 15) is 22.0 Å². The first-order chi connectivity index (χ1) is 9.27. The Morgan fingerprint density at radius 2 is 1.95 bits per heavy atom. The summed E-state index contributed by atoms with van der Waals surface area (Å²) in [6, 6.07) is 2.40.